The van der Waals surface area contributed by atoms with Gasteiger partial charge in [0.25, 0.3) is 0 Å². The highest BCUT2D eigenvalue weighted by Crippen LogP contribution is 2.41. The van der Waals surface area contributed by atoms with Gasteiger partial charge in [-0.25, -0.2) is 0 Å². The third kappa shape index (κ3) is 2.73. The SMILES string of the molecule is CC1CNC(C)(C2CC2)CN1CCC1CCOC1. The molecule has 18 heavy (non-hydrogen) atoms. The van der Waals surface area contributed by atoms with Gasteiger partial charge in [0.1, 0.15) is 0 Å². The van der Waals surface area contributed by atoms with Crippen molar-refractivity contribution in [3.63, 3.8) is 0 Å². The number of ether oxygens (including phenoxy) is 1. The van der Waals surface area contributed by atoms with E-state index in [1.54, 1.807) is 0 Å². The van der Waals surface area contributed by atoms with Gasteiger partial charge >= 0.3 is 0 Å². The van der Waals surface area contributed by atoms with Crippen molar-refractivity contribution in [1.82, 2.24) is 10.2 Å². The zero-order valence-corrected chi connectivity index (χ0v) is 12.0. The highest BCUT2D eigenvalue weighted by Gasteiger charge is 2.45. The van der Waals surface area contributed by atoms with Crippen LogP contribution in [0.4, 0.5) is 0 Å². The Bertz CT molecular complexity index is 286. The van der Waals surface area contributed by atoms with Gasteiger partial charge in [0.05, 0.1) is 0 Å². The molecule has 2 heterocycles. The van der Waals surface area contributed by atoms with Gasteiger partial charge in [-0.1, -0.05) is 0 Å². The maximum absolute atomic E-state index is 5.48. The molecule has 3 heteroatoms. The lowest BCUT2D eigenvalue weighted by molar-refractivity contribution is 0.0768. The van der Waals surface area contributed by atoms with Gasteiger partial charge in [-0.3, -0.25) is 4.90 Å². The number of hydrogen-bond donors (Lipinski definition) is 1. The predicted octanol–water partition coefficient (Wildman–Crippen LogP) is 1.88. The van der Waals surface area contributed by atoms with E-state index in [2.05, 4.69) is 24.1 Å². The third-order valence-electron chi connectivity index (χ3n) is 5.28. The van der Waals surface area contributed by atoms with E-state index in [-0.39, 0.29) is 0 Å². The molecule has 0 amide bonds. The number of rotatable bonds is 4. The summed E-state index contributed by atoms with van der Waals surface area (Å²) in [6, 6.07) is 0.694. The van der Waals surface area contributed by atoms with Gasteiger partial charge in [0, 0.05) is 37.9 Å². The molecule has 3 rings (SSSR count). The van der Waals surface area contributed by atoms with Gasteiger partial charge < -0.3 is 10.1 Å². The molecular weight excluding hydrogens is 224 g/mol. The third-order valence-corrected chi connectivity index (χ3v) is 5.28. The Morgan fingerprint density at radius 2 is 2.17 bits per heavy atom. The number of piperazine rings is 1. The van der Waals surface area contributed by atoms with E-state index >= 15 is 0 Å². The van der Waals surface area contributed by atoms with E-state index in [4.69, 9.17) is 4.74 Å². The molecule has 3 nitrogen and oxygen atoms in total. The lowest BCUT2D eigenvalue weighted by Gasteiger charge is -2.46. The molecule has 3 fully saturated rings. The summed E-state index contributed by atoms with van der Waals surface area (Å²) in [7, 11) is 0. The van der Waals surface area contributed by atoms with Crippen molar-refractivity contribution in [2.45, 2.75) is 51.1 Å². The summed E-state index contributed by atoms with van der Waals surface area (Å²) >= 11 is 0. The van der Waals surface area contributed by atoms with Crippen LogP contribution in [0.25, 0.3) is 0 Å². The highest BCUT2D eigenvalue weighted by molar-refractivity contribution is 5.03. The lowest BCUT2D eigenvalue weighted by Crippen LogP contribution is -2.63. The van der Waals surface area contributed by atoms with Crippen LogP contribution in [0.15, 0.2) is 0 Å². The molecule has 0 aromatic heterocycles. The molecule has 0 aromatic rings. The van der Waals surface area contributed by atoms with Gasteiger partial charge in [-0.05, 0) is 57.9 Å². The van der Waals surface area contributed by atoms with E-state index < -0.39 is 0 Å². The second-order valence-corrected chi connectivity index (χ2v) is 6.91. The van der Waals surface area contributed by atoms with Crippen molar-refractivity contribution in [1.29, 1.82) is 0 Å². The molecule has 3 unspecified atom stereocenters. The molecule has 0 spiro atoms. The maximum Gasteiger partial charge on any atom is 0.0495 e. The molecule has 1 saturated carbocycles. The zero-order valence-electron chi connectivity index (χ0n) is 12.0. The largest absolute Gasteiger partial charge is 0.381 e. The van der Waals surface area contributed by atoms with Gasteiger partial charge in [0.15, 0.2) is 0 Å². The highest BCUT2D eigenvalue weighted by atomic mass is 16.5. The smallest absolute Gasteiger partial charge is 0.0495 e. The minimum atomic E-state index is 0.388. The molecule has 1 aliphatic carbocycles. The summed E-state index contributed by atoms with van der Waals surface area (Å²) in [6.45, 7) is 10.5. The molecule has 3 atom stereocenters. The fourth-order valence-electron chi connectivity index (χ4n) is 3.60. The molecule has 0 aromatic carbocycles. The minimum absolute atomic E-state index is 0.388. The van der Waals surface area contributed by atoms with Crippen LogP contribution in [0.1, 0.15) is 39.5 Å². The van der Waals surface area contributed by atoms with Crippen LogP contribution in [0.2, 0.25) is 0 Å². The number of nitrogens with zero attached hydrogens (tertiary/aromatic N) is 1. The standard InChI is InChI=1S/C15H28N2O/c1-12-9-16-15(2,14-3-4-14)11-17(12)7-5-13-6-8-18-10-13/h12-14,16H,3-11H2,1-2H3. The molecule has 2 saturated heterocycles. The monoisotopic (exact) mass is 252 g/mol. The van der Waals surface area contributed by atoms with E-state index in [1.165, 1.54) is 38.8 Å². The number of nitrogens with one attached hydrogen (secondary N) is 1. The van der Waals surface area contributed by atoms with Gasteiger partial charge in [-0.2, -0.15) is 0 Å². The Labute approximate surface area is 111 Å². The van der Waals surface area contributed by atoms with Crippen LogP contribution in [0, 0.1) is 11.8 Å². The molecule has 2 aliphatic heterocycles. The van der Waals surface area contributed by atoms with Crippen molar-refractivity contribution in [2.24, 2.45) is 11.8 Å². The van der Waals surface area contributed by atoms with Crippen LogP contribution in [0.5, 0.6) is 0 Å². The average molecular weight is 252 g/mol. The van der Waals surface area contributed by atoms with Crippen LogP contribution < -0.4 is 5.32 Å². The van der Waals surface area contributed by atoms with Crippen molar-refractivity contribution in [3.05, 3.63) is 0 Å². The van der Waals surface area contributed by atoms with Crippen molar-refractivity contribution in [3.8, 4) is 0 Å². The van der Waals surface area contributed by atoms with Gasteiger partial charge in [0.2, 0.25) is 0 Å². The first-order chi connectivity index (χ1) is 8.67. The summed E-state index contributed by atoms with van der Waals surface area (Å²) < 4.78 is 5.48. The molecule has 0 radical (unpaired) electrons. The Kier molecular flexibility index (Phi) is 3.65. The van der Waals surface area contributed by atoms with Crippen LogP contribution in [0.3, 0.4) is 0 Å². The van der Waals surface area contributed by atoms with Crippen LogP contribution in [-0.4, -0.2) is 49.3 Å². The van der Waals surface area contributed by atoms with E-state index in [9.17, 15) is 0 Å². The normalized spacial score (nSPS) is 42.3. The Morgan fingerprint density at radius 1 is 1.33 bits per heavy atom. The summed E-state index contributed by atoms with van der Waals surface area (Å²) in [5.74, 6) is 1.75. The average Bonchev–Trinajstić information content (AvgIpc) is 3.10. The Hall–Kier alpha value is -0.120. The summed E-state index contributed by atoms with van der Waals surface area (Å²) in [5.41, 5.74) is 0.388. The van der Waals surface area contributed by atoms with Crippen molar-refractivity contribution >= 4 is 0 Å². The first kappa shape index (κ1) is 12.9. The zero-order chi connectivity index (χ0) is 12.6. The molecule has 3 aliphatic rings. The maximum atomic E-state index is 5.48. The van der Waals surface area contributed by atoms with E-state index in [0.717, 1.165) is 31.6 Å². The molecule has 0 bridgehead atoms. The van der Waals surface area contributed by atoms with Gasteiger partial charge in [-0.15, -0.1) is 0 Å². The number of hydrogen-bond acceptors (Lipinski definition) is 3. The summed E-state index contributed by atoms with van der Waals surface area (Å²) in [4.78, 5) is 2.72. The Morgan fingerprint density at radius 3 is 2.83 bits per heavy atom. The first-order valence-electron chi connectivity index (χ1n) is 7.74. The molecule has 104 valence electrons. The van der Waals surface area contributed by atoms with Crippen LogP contribution in [-0.2, 0) is 4.74 Å². The van der Waals surface area contributed by atoms with Crippen molar-refractivity contribution in [2.75, 3.05) is 32.8 Å². The molecular formula is C15H28N2O. The van der Waals surface area contributed by atoms with Crippen molar-refractivity contribution < 1.29 is 4.74 Å². The lowest BCUT2D eigenvalue weighted by atomic mass is 9.90. The van der Waals surface area contributed by atoms with E-state index in [0.29, 0.717) is 11.6 Å². The topological polar surface area (TPSA) is 24.5 Å². The predicted molar refractivity (Wildman–Crippen MR) is 73.7 cm³/mol. The quantitative estimate of drug-likeness (QED) is 0.827. The minimum Gasteiger partial charge on any atom is -0.381 e. The van der Waals surface area contributed by atoms with E-state index in [1.807, 2.05) is 0 Å². The second-order valence-electron chi connectivity index (χ2n) is 6.91. The fraction of sp³-hybridized carbons (Fsp3) is 1.00. The Balaban J connectivity index is 1.52. The fourth-order valence-corrected chi connectivity index (χ4v) is 3.60. The first-order valence-corrected chi connectivity index (χ1v) is 7.74. The summed E-state index contributed by atoms with van der Waals surface area (Å²) in [5, 5.41) is 3.80. The summed E-state index contributed by atoms with van der Waals surface area (Å²) in [6.07, 6.45) is 5.47. The molecule has 1 N–H and O–H groups in total. The second kappa shape index (κ2) is 5.10. The van der Waals surface area contributed by atoms with Crippen LogP contribution >= 0.6 is 0 Å².